The number of benzene rings is 1. The highest BCUT2D eigenvalue weighted by atomic mass is 16.3. The number of aliphatic hydroxyl groups excluding tert-OH is 1. The maximum Gasteiger partial charge on any atom is 0.237 e. The quantitative estimate of drug-likeness (QED) is 0.715. The van der Waals surface area contributed by atoms with Crippen LogP contribution in [0.3, 0.4) is 0 Å². The van der Waals surface area contributed by atoms with Crippen LogP contribution in [0.4, 0.5) is 0 Å². The van der Waals surface area contributed by atoms with E-state index in [1.165, 1.54) is 0 Å². The molecule has 0 aromatic heterocycles. The molecule has 1 amide bonds. The van der Waals surface area contributed by atoms with Crippen LogP contribution in [0.25, 0.3) is 0 Å². The average molecular weight is 278 g/mol. The van der Waals surface area contributed by atoms with Gasteiger partial charge >= 0.3 is 0 Å². The molecular formula is C16H26N2O2. The third-order valence-electron chi connectivity index (χ3n) is 3.54. The average Bonchev–Trinajstić information content (AvgIpc) is 2.44. The lowest BCUT2D eigenvalue weighted by Gasteiger charge is -2.27. The summed E-state index contributed by atoms with van der Waals surface area (Å²) in [6.45, 7) is 8.19. The zero-order chi connectivity index (χ0) is 15.2. The smallest absolute Gasteiger partial charge is 0.237 e. The van der Waals surface area contributed by atoms with E-state index in [2.05, 4.69) is 10.6 Å². The van der Waals surface area contributed by atoms with Gasteiger partial charge in [-0.05, 0) is 32.8 Å². The van der Waals surface area contributed by atoms with E-state index in [-0.39, 0.29) is 17.5 Å². The predicted octanol–water partition coefficient (Wildman–Crippen LogP) is 2.00. The van der Waals surface area contributed by atoms with Crippen molar-refractivity contribution in [1.29, 1.82) is 0 Å². The van der Waals surface area contributed by atoms with Gasteiger partial charge in [-0.25, -0.2) is 0 Å². The molecule has 2 atom stereocenters. The Hall–Kier alpha value is -1.39. The summed E-state index contributed by atoms with van der Waals surface area (Å²) in [5, 5.41) is 16.1. The Bertz CT molecular complexity index is 418. The maximum atomic E-state index is 12.0. The van der Waals surface area contributed by atoms with Gasteiger partial charge in [-0.2, -0.15) is 0 Å². The molecule has 0 heterocycles. The van der Waals surface area contributed by atoms with Crippen molar-refractivity contribution in [3.63, 3.8) is 0 Å². The van der Waals surface area contributed by atoms with Crippen molar-refractivity contribution in [2.45, 2.75) is 51.8 Å². The lowest BCUT2D eigenvalue weighted by atomic mass is 10.0. The third kappa shape index (κ3) is 5.31. The second kappa shape index (κ2) is 7.41. The lowest BCUT2D eigenvalue weighted by molar-refractivity contribution is -0.124. The number of nitrogens with one attached hydrogen (secondary N) is 2. The Morgan fingerprint density at radius 2 is 1.90 bits per heavy atom. The van der Waals surface area contributed by atoms with Crippen LogP contribution in [-0.2, 0) is 4.79 Å². The zero-order valence-electron chi connectivity index (χ0n) is 12.8. The van der Waals surface area contributed by atoms with Gasteiger partial charge in [0.2, 0.25) is 5.91 Å². The van der Waals surface area contributed by atoms with Crippen molar-refractivity contribution in [2.24, 2.45) is 0 Å². The summed E-state index contributed by atoms with van der Waals surface area (Å²) in [7, 11) is 0. The highest BCUT2D eigenvalue weighted by Crippen LogP contribution is 2.11. The minimum Gasteiger partial charge on any atom is -0.387 e. The molecule has 0 saturated carbocycles. The Morgan fingerprint density at radius 3 is 2.45 bits per heavy atom. The van der Waals surface area contributed by atoms with E-state index in [4.69, 9.17) is 0 Å². The first-order valence-corrected chi connectivity index (χ1v) is 7.14. The number of aliphatic hydroxyl groups is 1. The minimum atomic E-state index is -0.606. The van der Waals surface area contributed by atoms with E-state index < -0.39 is 6.10 Å². The van der Waals surface area contributed by atoms with E-state index in [0.29, 0.717) is 6.54 Å². The molecule has 3 N–H and O–H groups in total. The number of rotatable bonds is 7. The van der Waals surface area contributed by atoms with Crippen LogP contribution in [0.2, 0.25) is 0 Å². The summed E-state index contributed by atoms with van der Waals surface area (Å²) in [5.41, 5.74) is 0.645. The fourth-order valence-electron chi connectivity index (χ4n) is 1.70. The number of carbonyl (C=O) groups excluding carboxylic acids is 1. The van der Waals surface area contributed by atoms with Gasteiger partial charge < -0.3 is 15.7 Å². The first kappa shape index (κ1) is 16.7. The molecule has 2 unspecified atom stereocenters. The fourth-order valence-corrected chi connectivity index (χ4v) is 1.70. The highest BCUT2D eigenvalue weighted by molar-refractivity contribution is 5.81. The maximum absolute atomic E-state index is 12.0. The molecule has 112 valence electrons. The summed E-state index contributed by atoms with van der Waals surface area (Å²) in [5.74, 6) is -0.0443. The molecule has 20 heavy (non-hydrogen) atoms. The van der Waals surface area contributed by atoms with E-state index in [1.54, 1.807) is 6.92 Å². The Balaban J connectivity index is 2.43. The van der Waals surface area contributed by atoms with Crippen molar-refractivity contribution in [1.82, 2.24) is 10.6 Å². The minimum absolute atomic E-state index is 0.0443. The van der Waals surface area contributed by atoms with Gasteiger partial charge in [0.15, 0.2) is 0 Å². The van der Waals surface area contributed by atoms with E-state index in [9.17, 15) is 9.90 Å². The Labute approximate surface area is 121 Å². The van der Waals surface area contributed by atoms with Crippen molar-refractivity contribution >= 4 is 5.91 Å². The summed E-state index contributed by atoms with van der Waals surface area (Å²) >= 11 is 0. The van der Waals surface area contributed by atoms with Gasteiger partial charge in [0.05, 0.1) is 12.1 Å². The second-order valence-corrected chi connectivity index (χ2v) is 5.78. The molecule has 0 aliphatic rings. The van der Waals surface area contributed by atoms with Crippen molar-refractivity contribution in [3.05, 3.63) is 35.9 Å². The summed E-state index contributed by atoms with van der Waals surface area (Å²) in [6, 6.07) is 9.09. The molecule has 0 spiro atoms. The third-order valence-corrected chi connectivity index (χ3v) is 3.54. The van der Waals surface area contributed by atoms with Crippen LogP contribution in [0.1, 0.15) is 45.8 Å². The molecular weight excluding hydrogens is 252 g/mol. The standard InChI is InChI=1S/C16H26N2O2/c1-5-16(3,4)18-15(20)12(2)17-11-14(19)13-9-7-6-8-10-13/h6-10,12,14,17,19H,5,11H2,1-4H3,(H,18,20). The molecule has 0 fully saturated rings. The van der Waals surface area contributed by atoms with Gasteiger partial charge in [0.1, 0.15) is 0 Å². The van der Waals surface area contributed by atoms with Crippen LogP contribution in [0.15, 0.2) is 30.3 Å². The molecule has 0 bridgehead atoms. The largest absolute Gasteiger partial charge is 0.387 e. The predicted molar refractivity (Wildman–Crippen MR) is 81.4 cm³/mol. The molecule has 4 heteroatoms. The van der Waals surface area contributed by atoms with Crippen LogP contribution < -0.4 is 10.6 Å². The molecule has 4 nitrogen and oxygen atoms in total. The summed E-state index contributed by atoms with van der Waals surface area (Å²) in [4.78, 5) is 12.0. The second-order valence-electron chi connectivity index (χ2n) is 5.78. The van der Waals surface area contributed by atoms with E-state index >= 15 is 0 Å². The van der Waals surface area contributed by atoms with Crippen LogP contribution in [-0.4, -0.2) is 29.1 Å². The monoisotopic (exact) mass is 278 g/mol. The van der Waals surface area contributed by atoms with Crippen LogP contribution >= 0.6 is 0 Å². The van der Waals surface area contributed by atoms with Gasteiger partial charge in [-0.1, -0.05) is 37.3 Å². The van der Waals surface area contributed by atoms with Gasteiger partial charge in [-0.3, -0.25) is 4.79 Å². The van der Waals surface area contributed by atoms with Crippen LogP contribution in [0.5, 0.6) is 0 Å². The normalized spacial score (nSPS) is 14.7. The van der Waals surface area contributed by atoms with E-state index in [1.807, 2.05) is 51.1 Å². The molecule has 0 saturated heterocycles. The van der Waals surface area contributed by atoms with Crippen LogP contribution in [0, 0.1) is 0 Å². The topological polar surface area (TPSA) is 61.4 Å². The first-order valence-electron chi connectivity index (χ1n) is 7.14. The molecule has 1 aromatic carbocycles. The van der Waals surface area contributed by atoms with E-state index in [0.717, 1.165) is 12.0 Å². The molecule has 1 aromatic rings. The summed E-state index contributed by atoms with van der Waals surface area (Å²) in [6.07, 6.45) is 0.267. The number of amides is 1. The van der Waals surface area contributed by atoms with Crippen molar-refractivity contribution in [3.8, 4) is 0 Å². The Kier molecular flexibility index (Phi) is 6.17. The lowest BCUT2D eigenvalue weighted by Crippen LogP contribution is -2.51. The van der Waals surface area contributed by atoms with Crippen molar-refractivity contribution in [2.75, 3.05) is 6.54 Å². The fraction of sp³-hybridized carbons (Fsp3) is 0.562. The SMILES string of the molecule is CCC(C)(C)NC(=O)C(C)NCC(O)c1ccccc1. The van der Waals surface area contributed by atoms with Gasteiger partial charge in [0.25, 0.3) is 0 Å². The number of carbonyl (C=O) groups is 1. The van der Waals surface area contributed by atoms with Gasteiger partial charge in [-0.15, -0.1) is 0 Å². The van der Waals surface area contributed by atoms with Crippen molar-refractivity contribution < 1.29 is 9.90 Å². The zero-order valence-corrected chi connectivity index (χ0v) is 12.8. The number of hydrogen-bond acceptors (Lipinski definition) is 3. The number of hydrogen-bond donors (Lipinski definition) is 3. The Morgan fingerprint density at radius 1 is 1.30 bits per heavy atom. The molecule has 0 aliphatic carbocycles. The molecule has 1 rings (SSSR count). The molecule has 0 aliphatic heterocycles. The van der Waals surface area contributed by atoms with Gasteiger partial charge in [0, 0.05) is 12.1 Å². The molecule has 0 radical (unpaired) electrons. The summed E-state index contributed by atoms with van der Waals surface area (Å²) < 4.78 is 0. The first-order chi connectivity index (χ1) is 9.35. The highest BCUT2D eigenvalue weighted by Gasteiger charge is 2.22.